The molecule has 0 unspecified atom stereocenters. The highest BCUT2D eigenvalue weighted by atomic mass is 16.5. The van der Waals surface area contributed by atoms with Gasteiger partial charge in [0.2, 0.25) is 5.91 Å². The number of hydrogen-bond acceptors (Lipinski definition) is 3. The van der Waals surface area contributed by atoms with Crippen LogP contribution in [0, 0.1) is 5.92 Å². The number of carbonyl (C=O) groups excluding carboxylic acids is 2. The van der Waals surface area contributed by atoms with Crippen LogP contribution in [-0.2, 0) is 14.3 Å². The summed E-state index contributed by atoms with van der Waals surface area (Å²) in [6.07, 6.45) is 9.41. The van der Waals surface area contributed by atoms with Crippen LogP contribution >= 0.6 is 0 Å². The Morgan fingerprint density at radius 2 is 1.62 bits per heavy atom. The van der Waals surface area contributed by atoms with Crippen LogP contribution in [0.5, 0.6) is 0 Å². The van der Waals surface area contributed by atoms with E-state index in [1.807, 2.05) is 11.8 Å². The minimum absolute atomic E-state index is 0.0111. The molecule has 21 heavy (non-hydrogen) atoms. The molecule has 1 fully saturated rings. The van der Waals surface area contributed by atoms with Crippen molar-refractivity contribution in [2.45, 2.75) is 71.6 Å². The lowest BCUT2D eigenvalue weighted by Crippen LogP contribution is -2.40. The van der Waals surface area contributed by atoms with Crippen molar-refractivity contribution in [2.24, 2.45) is 5.92 Å². The first-order valence-corrected chi connectivity index (χ1v) is 8.63. The third-order valence-electron chi connectivity index (χ3n) is 4.21. The highest BCUT2D eigenvalue weighted by molar-refractivity contribution is 5.77. The summed E-state index contributed by atoms with van der Waals surface area (Å²) in [6.45, 7) is 5.90. The molecule has 4 heteroatoms. The highest BCUT2D eigenvalue weighted by Crippen LogP contribution is 2.20. The van der Waals surface area contributed by atoms with Gasteiger partial charge in [0.25, 0.3) is 0 Å². The number of unbranched alkanes of at least 4 members (excludes halogenated alkanes) is 5. The summed E-state index contributed by atoms with van der Waals surface area (Å²) in [7, 11) is 0. The van der Waals surface area contributed by atoms with Gasteiger partial charge in [0.1, 0.15) is 0 Å². The van der Waals surface area contributed by atoms with Crippen LogP contribution in [0.2, 0.25) is 0 Å². The van der Waals surface area contributed by atoms with Gasteiger partial charge in [-0.15, -0.1) is 0 Å². The van der Waals surface area contributed by atoms with E-state index >= 15 is 0 Å². The van der Waals surface area contributed by atoms with Gasteiger partial charge in [-0.2, -0.15) is 0 Å². The minimum Gasteiger partial charge on any atom is -0.466 e. The molecule has 4 nitrogen and oxygen atoms in total. The zero-order chi connectivity index (χ0) is 15.5. The molecule has 1 saturated heterocycles. The fraction of sp³-hybridized carbons (Fsp3) is 0.882. The monoisotopic (exact) mass is 297 g/mol. The molecular formula is C17H31NO3. The Morgan fingerprint density at radius 3 is 2.24 bits per heavy atom. The lowest BCUT2D eigenvalue weighted by Gasteiger charge is -2.31. The van der Waals surface area contributed by atoms with Crippen molar-refractivity contribution in [3.05, 3.63) is 0 Å². The molecule has 0 aliphatic carbocycles. The van der Waals surface area contributed by atoms with Gasteiger partial charge in [0.05, 0.1) is 12.5 Å². The fourth-order valence-electron chi connectivity index (χ4n) is 2.84. The quantitative estimate of drug-likeness (QED) is 0.483. The van der Waals surface area contributed by atoms with Gasteiger partial charge in [0.15, 0.2) is 0 Å². The Bertz CT molecular complexity index is 309. The summed E-state index contributed by atoms with van der Waals surface area (Å²) < 4.78 is 5.05. The smallest absolute Gasteiger partial charge is 0.309 e. The zero-order valence-electron chi connectivity index (χ0n) is 13.7. The molecule has 1 amide bonds. The van der Waals surface area contributed by atoms with Crippen molar-refractivity contribution in [1.29, 1.82) is 0 Å². The van der Waals surface area contributed by atoms with E-state index in [0.29, 0.717) is 26.1 Å². The maximum Gasteiger partial charge on any atom is 0.309 e. The molecule has 1 rings (SSSR count). The number of amides is 1. The third-order valence-corrected chi connectivity index (χ3v) is 4.21. The minimum atomic E-state index is -0.0967. The first-order chi connectivity index (χ1) is 10.2. The van der Waals surface area contributed by atoms with Crippen molar-refractivity contribution in [3.8, 4) is 0 Å². The van der Waals surface area contributed by atoms with E-state index in [-0.39, 0.29) is 17.8 Å². The predicted molar refractivity (Wildman–Crippen MR) is 83.9 cm³/mol. The molecule has 0 aromatic heterocycles. The fourth-order valence-corrected chi connectivity index (χ4v) is 2.84. The van der Waals surface area contributed by atoms with E-state index < -0.39 is 0 Å². The van der Waals surface area contributed by atoms with Crippen LogP contribution < -0.4 is 0 Å². The lowest BCUT2D eigenvalue weighted by molar-refractivity contribution is -0.151. The standard InChI is InChI=1S/C17H31NO3/c1-3-5-6-7-8-9-10-16(19)18-13-11-15(12-14-18)17(20)21-4-2/h15H,3-14H2,1-2H3. The second kappa shape index (κ2) is 10.6. The van der Waals surface area contributed by atoms with Crippen LogP contribution in [0.15, 0.2) is 0 Å². The Kier molecular flexibility index (Phi) is 9.11. The van der Waals surface area contributed by atoms with Crippen LogP contribution in [0.3, 0.4) is 0 Å². The summed E-state index contributed by atoms with van der Waals surface area (Å²) >= 11 is 0. The second-order valence-corrected chi connectivity index (χ2v) is 5.92. The van der Waals surface area contributed by atoms with Crippen LogP contribution in [-0.4, -0.2) is 36.5 Å². The van der Waals surface area contributed by atoms with E-state index in [2.05, 4.69) is 6.92 Å². The summed E-state index contributed by atoms with van der Waals surface area (Å²) in [5, 5.41) is 0. The van der Waals surface area contributed by atoms with Gasteiger partial charge < -0.3 is 9.64 Å². The Balaban J connectivity index is 2.13. The Labute approximate surface area is 129 Å². The van der Waals surface area contributed by atoms with E-state index in [9.17, 15) is 9.59 Å². The summed E-state index contributed by atoms with van der Waals surface area (Å²) in [5.41, 5.74) is 0. The van der Waals surface area contributed by atoms with Gasteiger partial charge in [-0.25, -0.2) is 0 Å². The average molecular weight is 297 g/mol. The van der Waals surface area contributed by atoms with Gasteiger partial charge >= 0.3 is 5.97 Å². The molecule has 122 valence electrons. The number of nitrogens with zero attached hydrogens (tertiary/aromatic N) is 1. The molecule has 0 bridgehead atoms. The van der Waals surface area contributed by atoms with Gasteiger partial charge in [-0.3, -0.25) is 9.59 Å². The first-order valence-electron chi connectivity index (χ1n) is 8.63. The normalized spacial score (nSPS) is 16.0. The largest absolute Gasteiger partial charge is 0.466 e. The summed E-state index contributed by atoms with van der Waals surface area (Å²) in [4.78, 5) is 25.7. The zero-order valence-corrected chi connectivity index (χ0v) is 13.7. The van der Waals surface area contributed by atoms with E-state index in [0.717, 1.165) is 25.7 Å². The highest BCUT2D eigenvalue weighted by Gasteiger charge is 2.27. The number of likely N-dealkylation sites (tertiary alicyclic amines) is 1. The van der Waals surface area contributed by atoms with Crippen LogP contribution in [0.25, 0.3) is 0 Å². The van der Waals surface area contributed by atoms with Gasteiger partial charge in [-0.1, -0.05) is 39.0 Å². The number of hydrogen-bond donors (Lipinski definition) is 0. The molecule has 0 spiro atoms. The molecule has 1 aliphatic rings. The molecule has 0 aromatic rings. The van der Waals surface area contributed by atoms with E-state index in [1.165, 1.54) is 25.7 Å². The summed E-state index contributed by atoms with van der Waals surface area (Å²) in [6, 6.07) is 0. The SMILES string of the molecule is CCCCCCCCC(=O)N1CCC(C(=O)OCC)CC1. The Morgan fingerprint density at radius 1 is 1.00 bits per heavy atom. The molecule has 0 atom stereocenters. The molecule has 0 aromatic carbocycles. The number of ether oxygens (including phenoxy) is 1. The number of esters is 1. The predicted octanol–water partition coefficient (Wildman–Crippen LogP) is 3.54. The van der Waals surface area contributed by atoms with Crippen LogP contribution in [0.4, 0.5) is 0 Å². The third kappa shape index (κ3) is 6.96. The number of rotatable bonds is 9. The van der Waals surface area contributed by atoms with Crippen molar-refractivity contribution < 1.29 is 14.3 Å². The van der Waals surface area contributed by atoms with Gasteiger partial charge in [0, 0.05) is 19.5 Å². The maximum atomic E-state index is 12.1. The Hall–Kier alpha value is -1.06. The van der Waals surface area contributed by atoms with Crippen molar-refractivity contribution in [1.82, 2.24) is 4.90 Å². The molecule has 1 aliphatic heterocycles. The van der Waals surface area contributed by atoms with Crippen molar-refractivity contribution in [3.63, 3.8) is 0 Å². The maximum absolute atomic E-state index is 12.1. The van der Waals surface area contributed by atoms with E-state index in [1.54, 1.807) is 0 Å². The molecule has 1 heterocycles. The van der Waals surface area contributed by atoms with Crippen molar-refractivity contribution >= 4 is 11.9 Å². The number of carbonyl (C=O) groups is 2. The first kappa shape index (κ1) is 18.0. The average Bonchev–Trinajstić information content (AvgIpc) is 2.51. The second-order valence-electron chi connectivity index (χ2n) is 5.92. The van der Waals surface area contributed by atoms with Crippen molar-refractivity contribution in [2.75, 3.05) is 19.7 Å². The van der Waals surface area contributed by atoms with Crippen LogP contribution in [0.1, 0.15) is 71.6 Å². The molecule has 0 radical (unpaired) electrons. The molecule has 0 saturated carbocycles. The van der Waals surface area contributed by atoms with Gasteiger partial charge in [-0.05, 0) is 26.2 Å². The molecule has 0 N–H and O–H groups in total. The lowest BCUT2D eigenvalue weighted by atomic mass is 9.96. The topological polar surface area (TPSA) is 46.6 Å². The number of piperidine rings is 1. The van der Waals surface area contributed by atoms with E-state index in [4.69, 9.17) is 4.74 Å². The summed E-state index contributed by atoms with van der Waals surface area (Å²) in [5.74, 6) is 0.149. The molecular weight excluding hydrogens is 266 g/mol.